The Morgan fingerprint density at radius 2 is 1.93 bits per heavy atom. The molecule has 0 aliphatic heterocycles. The molecule has 1 fully saturated rings. The molecule has 0 aromatic heterocycles. The monoisotopic (exact) mass is 205 g/mol. The first-order valence-corrected chi connectivity index (χ1v) is 5.61. The zero-order chi connectivity index (χ0) is 10.7. The Morgan fingerprint density at radius 3 is 2.47 bits per heavy atom. The van der Waals surface area contributed by atoms with Crippen molar-refractivity contribution < 1.29 is 5.11 Å². The maximum absolute atomic E-state index is 9.15. The lowest BCUT2D eigenvalue weighted by Crippen LogP contribution is -2.26. The number of aryl methyl sites for hydroxylation is 1. The quantitative estimate of drug-likeness (QED) is 0.769. The van der Waals surface area contributed by atoms with Crippen LogP contribution in [0.2, 0.25) is 0 Å². The van der Waals surface area contributed by atoms with Crippen LogP contribution in [-0.4, -0.2) is 18.3 Å². The fraction of sp³-hybridized carbons (Fsp3) is 0.538. The molecule has 15 heavy (non-hydrogen) atoms. The fourth-order valence-corrected chi connectivity index (χ4v) is 1.75. The molecule has 0 unspecified atom stereocenters. The van der Waals surface area contributed by atoms with Crippen molar-refractivity contribution >= 4 is 0 Å². The van der Waals surface area contributed by atoms with Crippen LogP contribution in [-0.2, 0) is 6.54 Å². The van der Waals surface area contributed by atoms with Gasteiger partial charge in [0, 0.05) is 25.1 Å². The van der Waals surface area contributed by atoms with Gasteiger partial charge in [0.1, 0.15) is 0 Å². The van der Waals surface area contributed by atoms with Gasteiger partial charge in [-0.3, -0.25) is 0 Å². The van der Waals surface area contributed by atoms with Crippen LogP contribution in [0.1, 0.15) is 24.0 Å². The van der Waals surface area contributed by atoms with E-state index in [1.54, 1.807) is 0 Å². The van der Waals surface area contributed by atoms with Crippen LogP contribution in [0.3, 0.4) is 0 Å². The molecule has 2 heteroatoms. The summed E-state index contributed by atoms with van der Waals surface area (Å²) in [5, 5.41) is 12.6. The van der Waals surface area contributed by atoms with Gasteiger partial charge < -0.3 is 10.4 Å². The zero-order valence-corrected chi connectivity index (χ0v) is 9.29. The Morgan fingerprint density at radius 1 is 1.27 bits per heavy atom. The van der Waals surface area contributed by atoms with Gasteiger partial charge in [-0.25, -0.2) is 0 Å². The van der Waals surface area contributed by atoms with Gasteiger partial charge in [0.2, 0.25) is 0 Å². The van der Waals surface area contributed by atoms with Crippen molar-refractivity contribution in [3.63, 3.8) is 0 Å². The second-order valence-electron chi connectivity index (χ2n) is 4.75. The van der Waals surface area contributed by atoms with Gasteiger partial charge in [-0.1, -0.05) is 29.8 Å². The van der Waals surface area contributed by atoms with Crippen LogP contribution in [0.15, 0.2) is 24.3 Å². The normalized spacial score (nSPS) is 17.7. The molecular weight excluding hydrogens is 186 g/mol. The Labute approximate surface area is 91.3 Å². The summed E-state index contributed by atoms with van der Waals surface area (Å²) in [5.74, 6) is 0. The van der Waals surface area contributed by atoms with Gasteiger partial charge in [0.25, 0.3) is 0 Å². The lowest BCUT2D eigenvalue weighted by atomic mass is 10.1. The molecule has 2 rings (SSSR count). The van der Waals surface area contributed by atoms with Crippen molar-refractivity contribution in [1.82, 2.24) is 5.32 Å². The van der Waals surface area contributed by atoms with Gasteiger partial charge in [-0.15, -0.1) is 0 Å². The third kappa shape index (κ3) is 2.80. The zero-order valence-electron chi connectivity index (χ0n) is 9.29. The summed E-state index contributed by atoms with van der Waals surface area (Å²) >= 11 is 0. The number of nitrogens with one attached hydrogen (secondary N) is 1. The highest BCUT2D eigenvalue weighted by Crippen LogP contribution is 2.44. The summed E-state index contributed by atoms with van der Waals surface area (Å²) in [4.78, 5) is 0. The van der Waals surface area contributed by atoms with Crippen molar-refractivity contribution in [1.29, 1.82) is 0 Å². The molecule has 1 aromatic carbocycles. The predicted octanol–water partition coefficient (Wildman–Crippen LogP) is 1.86. The van der Waals surface area contributed by atoms with Gasteiger partial charge in [-0.2, -0.15) is 0 Å². The van der Waals surface area contributed by atoms with E-state index < -0.39 is 0 Å². The van der Waals surface area contributed by atoms with Crippen molar-refractivity contribution in [2.45, 2.75) is 26.3 Å². The number of aliphatic hydroxyl groups is 1. The van der Waals surface area contributed by atoms with E-state index in [-0.39, 0.29) is 5.41 Å². The molecule has 0 amide bonds. The van der Waals surface area contributed by atoms with E-state index in [1.165, 1.54) is 24.0 Å². The molecule has 2 nitrogen and oxygen atoms in total. The first-order valence-electron chi connectivity index (χ1n) is 5.61. The van der Waals surface area contributed by atoms with Crippen LogP contribution in [0.5, 0.6) is 0 Å². The first-order chi connectivity index (χ1) is 7.24. The molecule has 0 radical (unpaired) electrons. The minimum Gasteiger partial charge on any atom is -0.396 e. The smallest absolute Gasteiger partial charge is 0.0499 e. The van der Waals surface area contributed by atoms with E-state index in [9.17, 15) is 0 Å². The SMILES string of the molecule is Cc1ccc(CNCC2(CO)CC2)cc1. The summed E-state index contributed by atoms with van der Waals surface area (Å²) in [6, 6.07) is 8.58. The van der Waals surface area contributed by atoms with E-state index in [0.29, 0.717) is 6.61 Å². The molecule has 0 atom stereocenters. The third-order valence-corrected chi connectivity index (χ3v) is 3.24. The number of benzene rings is 1. The van der Waals surface area contributed by atoms with Crippen LogP contribution in [0, 0.1) is 12.3 Å². The second-order valence-corrected chi connectivity index (χ2v) is 4.75. The lowest BCUT2D eigenvalue weighted by Gasteiger charge is -2.12. The maximum Gasteiger partial charge on any atom is 0.0499 e. The maximum atomic E-state index is 9.15. The molecule has 1 saturated carbocycles. The van der Waals surface area contributed by atoms with Gasteiger partial charge in [-0.05, 0) is 25.3 Å². The summed E-state index contributed by atoms with van der Waals surface area (Å²) in [6.45, 7) is 4.27. The van der Waals surface area contributed by atoms with E-state index in [1.807, 2.05) is 0 Å². The van der Waals surface area contributed by atoms with Crippen LogP contribution in [0.25, 0.3) is 0 Å². The lowest BCUT2D eigenvalue weighted by molar-refractivity contribution is 0.207. The Hall–Kier alpha value is -0.860. The largest absolute Gasteiger partial charge is 0.396 e. The highest BCUT2D eigenvalue weighted by molar-refractivity contribution is 5.21. The minimum absolute atomic E-state index is 0.213. The molecule has 0 saturated heterocycles. The van der Waals surface area contributed by atoms with Gasteiger partial charge in [0.05, 0.1) is 0 Å². The van der Waals surface area contributed by atoms with Crippen molar-refractivity contribution in [3.05, 3.63) is 35.4 Å². The molecular formula is C13H19NO. The molecule has 1 aliphatic rings. The van der Waals surface area contributed by atoms with E-state index in [2.05, 4.69) is 36.5 Å². The Kier molecular flexibility index (Phi) is 3.08. The molecule has 82 valence electrons. The summed E-state index contributed by atoms with van der Waals surface area (Å²) in [6.07, 6.45) is 2.34. The summed E-state index contributed by atoms with van der Waals surface area (Å²) in [7, 11) is 0. The fourth-order valence-electron chi connectivity index (χ4n) is 1.75. The van der Waals surface area contributed by atoms with Crippen molar-refractivity contribution in [2.75, 3.05) is 13.2 Å². The summed E-state index contributed by atoms with van der Waals surface area (Å²) in [5.41, 5.74) is 2.83. The Balaban J connectivity index is 1.76. The molecule has 0 heterocycles. The van der Waals surface area contributed by atoms with Crippen molar-refractivity contribution in [2.24, 2.45) is 5.41 Å². The first kappa shape index (κ1) is 10.7. The minimum atomic E-state index is 0.213. The average Bonchev–Trinajstić information content (AvgIpc) is 3.02. The van der Waals surface area contributed by atoms with Crippen LogP contribution < -0.4 is 5.32 Å². The van der Waals surface area contributed by atoms with Crippen LogP contribution >= 0.6 is 0 Å². The molecule has 0 bridgehead atoms. The summed E-state index contributed by atoms with van der Waals surface area (Å²) < 4.78 is 0. The predicted molar refractivity (Wildman–Crippen MR) is 61.6 cm³/mol. The molecule has 2 N–H and O–H groups in total. The molecule has 0 spiro atoms. The van der Waals surface area contributed by atoms with Gasteiger partial charge in [0.15, 0.2) is 0 Å². The topological polar surface area (TPSA) is 32.3 Å². The van der Waals surface area contributed by atoms with E-state index in [4.69, 9.17) is 5.11 Å². The number of hydrogen-bond donors (Lipinski definition) is 2. The third-order valence-electron chi connectivity index (χ3n) is 3.24. The molecule has 1 aliphatic carbocycles. The number of hydrogen-bond acceptors (Lipinski definition) is 2. The highest BCUT2D eigenvalue weighted by Gasteiger charge is 2.41. The number of rotatable bonds is 5. The van der Waals surface area contributed by atoms with E-state index in [0.717, 1.165) is 13.1 Å². The highest BCUT2D eigenvalue weighted by atomic mass is 16.3. The standard InChI is InChI=1S/C13H19NO/c1-11-2-4-12(5-3-11)8-14-9-13(10-15)6-7-13/h2-5,14-15H,6-10H2,1H3. The Bertz CT molecular complexity index is 314. The number of aliphatic hydroxyl groups excluding tert-OH is 1. The molecule has 1 aromatic rings. The van der Waals surface area contributed by atoms with Crippen LogP contribution in [0.4, 0.5) is 0 Å². The van der Waals surface area contributed by atoms with Gasteiger partial charge >= 0.3 is 0 Å². The van der Waals surface area contributed by atoms with Crippen molar-refractivity contribution in [3.8, 4) is 0 Å². The average molecular weight is 205 g/mol. The second kappa shape index (κ2) is 4.33. The van der Waals surface area contributed by atoms with E-state index >= 15 is 0 Å².